The lowest BCUT2D eigenvalue weighted by atomic mass is 10.2. The van der Waals surface area contributed by atoms with Crippen molar-refractivity contribution in [3.05, 3.63) is 59.9 Å². The Kier molecular flexibility index (Phi) is 6.89. The minimum Gasteiger partial charge on any atom is -0.492 e. The number of carbonyl (C=O) groups is 1. The van der Waals surface area contributed by atoms with Crippen LogP contribution in [0.5, 0.6) is 5.75 Å². The summed E-state index contributed by atoms with van der Waals surface area (Å²) in [4.78, 5) is 18.6. The molecule has 0 saturated carbocycles. The van der Waals surface area contributed by atoms with Crippen molar-refractivity contribution in [2.24, 2.45) is 0 Å². The number of sulfonamides is 1. The summed E-state index contributed by atoms with van der Waals surface area (Å²) < 4.78 is 43.3. The van der Waals surface area contributed by atoms with Gasteiger partial charge in [-0.05, 0) is 48.5 Å². The average Bonchev–Trinajstić information content (AvgIpc) is 2.68. The third-order valence-electron chi connectivity index (χ3n) is 3.85. The summed E-state index contributed by atoms with van der Waals surface area (Å²) in [6.45, 7) is 0.543. The number of hydrogen-bond donors (Lipinski definition) is 0. The van der Waals surface area contributed by atoms with Gasteiger partial charge >= 0.3 is 0 Å². The Labute approximate surface area is 157 Å². The molecule has 0 bridgehead atoms. The summed E-state index contributed by atoms with van der Waals surface area (Å²) in [6, 6.07) is 11.2. The molecule has 2 aromatic rings. The first-order valence-corrected chi connectivity index (χ1v) is 9.46. The van der Waals surface area contributed by atoms with Crippen molar-refractivity contribution in [2.75, 3.05) is 34.4 Å². The van der Waals surface area contributed by atoms with Crippen LogP contribution in [0.2, 0.25) is 0 Å². The molecule has 0 spiro atoms. The highest BCUT2D eigenvalue weighted by Gasteiger charge is 2.21. The standard InChI is InChI=1S/C18H21FN2O5S/c1-20(12-13-26-16-8-6-15(19)7-9-16)18(22)14-4-10-17(11-5-14)27(23,24)21(2)25-3/h4-11H,12-13H2,1-3H3. The first-order valence-electron chi connectivity index (χ1n) is 8.02. The number of ether oxygens (including phenoxy) is 1. The highest BCUT2D eigenvalue weighted by molar-refractivity contribution is 7.89. The van der Waals surface area contributed by atoms with E-state index in [2.05, 4.69) is 0 Å². The first kappa shape index (κ1) is 20.8. The van der Waals surface area contributed by atoms with Crippen molar-refractivity contribution in [2.45, 2.75) is 4.90 Å². The van der Waals surface area contributed by atoms with Gasteiger partial charge in [0.25, 0.3) is 15.9 Å². The van der Waals surface area contributed by atoms with Crippen LogP contribution in [0, 0.1) is 5.82 Å². The fraction of sp³-hybridized carbons (Fsp3) is 0.278. The smallest absolute Gasteiger partial charge is 0.264 e. The van der Waals surface area contributed by atoms with Gasteiger partial charge in [0.15, 0.2) is 0 Å². The highest BCUT2D eigenvalue weighted by Crippen LogP contribution is 2.16. The van der Waals surface area contributed by atoms with E-state index in [4.69, 9.17) is 9.57 Å². The van der Waals surface area contributed by atoms with E-state index in [1.807, 2.05) is 0 Å². The molecule has 146 valence electrons. The van der Waals surface area contributed by atoms with E-state index in [9.17, 15) is 17.6 Å². The molecule has 2 rings (SSSR count). The van der Waals surface area contributed by atoms with Crippen molar-refractivity contribution < 1.29 is 27.2 Å². The van der Waals surface area contributed by atoms with Gasteiger partial charge in [0, 0.05) is 19.7 Å². The Morgan fingerprint density at radius 2 is 1.63 bits per heavy atom. The lowest BCUT2D eigenvalue weighted by Crippen LogP contribution is -2.31. The normalized spacial score (nSPS) is 11.4. The Morgan fingerprint density at radius 1 is 1.04 bits per heavy atom. The summed E-state index contributed by atoms with van der Waals surface area (Å²) in [7, 11) is 0.380. The molecule has 1 amide bonds. The second-order valence-electron chi connectivity index (χ2n) is 5.65. The van der Waals surface area contributed by atoms with E-state index >= 15 is 0 Å². The van der Waals surface area contributed by atoms with E-state index in [0.29, 0.717) is 17.9 Å². The summed E-state index contributed by atoms with van der Waals surface area (Å²) in [5.74, 6) is -0.118. The van der Waals surface area contributed by atoms with E-state index in [0.717, 1.165) is 4.47 Å². The molecule has 0 unspecified atom stereocenters. The fourth-order valence-electron chi connectivity index (χ4n) is 2.17. The van der Waals surface area contributed by atoms with Gasteiger partial charge in [-0.1, -0.05) is 4.47 Å². The molecule has 0 N–H and O–H groups in total. The van der Waals surface area contributed by atoms with Gasteiger partial charge in [-0.2, -0.15) is 0 Å². The molecule has 0 aliphatic rings. The largest absolute Gasteiger partial charge is 0.492 e. The number of rotatable bonds is 8. The zero-order valence-electron chi connectivity index (χ0n) is 15.3. The van der Waals surface area contributed by atoms with Crippen LogP contribution in [-0.4, -0.2) is 58.1 Å². The van der Waals surface area contributed by atoms with Crippen LogP contribution in [0.15, 0.2) is 53.4 Å². The first-order chi connectivity index (χ1) is 12.8. The van der Waals surface area contributed by atoms with Gasteiger partial charge in [-0.3, -0.25) is 9.63 Å². The molecule has 7 nitrogen and oxygen atoms in total. The maximum absolute atomic E-state index is 12.8. The number of amides is 1. The van der Waals surface area contributed by atoms with Crippen molar-refractivity contribution >= 4 is 15.9 Å². The average molecular weight is 396 g/mol. The topological polar surface area (TPSA) is 76.2 Å². The molecule has 2 aromatic carbocycles. The molecule has 0 aliphatic heterocycles. The summed E-state index contributed by atoms with van der Waals surface area (Å²) >= 11 is 0. The van der Waals surface area contributed by atoms with Crippen LogP contribution in [-0.2, 0) is 14.9 Å². The van der Waals surface area contributed by atoms with Crippen LogP contribution in [0.25, 0.3) is 0 Å². The SMILES string of the molecule is CON(C)S(=O)(=O)c1ccc(C(=O)N(C)CCOc2ccc(F)cc2)cc1. The number of likely N-dealkylation sites (N-methyl/N-ethyl adjacent to an activating group) is 1. The number of halogens is 1. The van der Waals surface area contributed by atoms with Gasteiger partial charge in [-0.25, -0.2) is 12.8 Å². The maximum atomic E-state index is 12.8. The molecular weight excluding hydrogens is 375 g/mol. The molecule has 0 aliphatic carbocycles. The molecule has 0 radical (unpaired) electrons. The number of benzene rings is 2. The van der Waals surface area contributed by atoms with Crippen LogP contribution < -0.4 is 4.74 Å². The quantitative estimate of drug-likeness (QED) is 0.639. The number of hydrogen-bond acceptors (Lipinski definition) is 5. The molecule has 27 heavy (non-hydrogen) atoms. The molecule has 0 atom stereocenters. The molecule has 0 heterocycles. The van der Waals surface area contributed by atoms with E-state index in [-0.39, 0.29) is 23.2 Å². The van der Waals surface area contributed by atoms with Gasteiger partial charge in [0.1, 0.15) is 18.2 Å². The number of hydroxylamine groups is 1. The maximum Gasteiger partial charge on any atom is 0.264 e. The molecule has 0 aromatic heterocycles. The van der Waals surface area contributed by atoms with E-state index < -0.39 is 10.0 Å². The van der Waals surface area contributed by atoms with Crippen LogP contribution >= 0.6 is 0 Å². The fourth-order valence-corrected chi connectivity index (χ4v) is 3.14. The third-order valence-corrected chi connectivity index (χ3v) is 5.54. The lowest BCUT2D eigenvalue weighted by Gasteiger charge is -2.18. The van der Waals surface area contributed by atoms with Crippen molar-refractivity contribution in [1.82, 2.24) is 9.37 Å². The molecule has 0 fully saturated rings. The molecular formula is C18H21FN2O5S. The van der Waals surface area contributed by atoms with E-state index in [1.54, 1.807) is 7.05 Å². The zero-order valence-corrected chi connectivity index (χ0v) is 16.1. The zero-order chi connectivity index (χ0) is 20.0. The number of carbonyl (C=O) groups excluding carboxylic acids is 1. The summed E-state index contributed by atoms with van der Waals surface area (Å²) in [6.07, 6.45) is 0. The summed E-state index contributed by atoms with van der Waals surface area (Å²) in [5, 5.41) is 0. The second-order valence-corrected chi connectivity index (χ2v) is 7.59. The third kappa shape index (κ3) is 5.25. The highest BCUT2D eigenvalue weighted by atomic mass is 32.2. The van der Waals surface area contributed by atoms with Crippen LogP contribution in [0.4, 0.5) is 4.39 Å². The monoisotopic (exact) mass is 396 g/mol. The van der Waals surface area contributed by atoms with Crippen molar-refractivity contribution in [1.29, 1.82) is 0 Å². The minimum atomic E-state index is -3.76. The predicted octanol–water partition coefficient (Wildman–Crippen LogP) is 2.16. The number of nitrogens with zero attached hydrogens (tertiary/aromatic N) is 2. The Hall–Kier alpha value is -2.49. The molecule has 9 heteroatoms. The lowest BCUT2D eigenvalue weighted by molar-refractivity contribution is -0.0258. The minimum absolute atomic E-state index is 0.0192. The van der Waals surface area contributed by atoms with Gasteiger partial charge in [-0.15, -0.1) is 0 Å². The Balaban J connectivity index is 1.95. The van der Waals surface area contributed by atoms with E-state index in [1.165, 1.54) is 67.6 Å². The van der Waals surface area contributed by atoms with Crippen molar-refractivity contribution in [3.8, 4) is 5.75 Å². The van der Waals surface area contributed by atoms with Gasteiger partial charge in [0.05, 0.1) is 18.6 Å². The van der Waals surface area contributed by atoms with Crippen molar-refractivity contribution in [3.63, 3.8) is 0 Å². The van der Waals surface area contributed by atoms with Gasteiger partial charge in [0.2, 0.25) is 0 Å². The Morgan fingerprint density at radius 3 is 2.19 bits per heavy atom. The van der Waals surface area contributed by atoms with Crippen LogP contribution in [0.1, 0.15) is 10.4 Å². The van der Waals surface area contributed by atoms with Gasteiger partial charge < -0.3 is 9.64 Å². The molecule has 0 saturated heterocycles. The predicted molar refractivity (Wildman–Crippen MR) is 97.3 cm³/mol. The van der Waals surface area contributed by atoms with Crippen LogP contribution in [0.3, 0.4) is 0 Å². The Bertz CT molecular complexity index is 870. The summed E-state index contributed by atoms with van der Waals surface area (Å²) in [5.41, 5.74) is 0.346. The second kappa shape index (κ2) is 8.94.